The van der Waals surface area contributed by atoms with Gasteiger partial charge in [-0.05, 0) is 40.5 Å². The van der Waals surface area contributed by atoms with Gasteiger partial charge in [0.1, 0.15) is 4.60 Å². The summed E-state index contributed by atoms with van der Waals surface area (Å²) in [5, 5.41) is 13.3. The molecule has 0 unspecified atom stereocenters. The maximum absolute atomic E-state index is 11.2. The highest BCUT2D eigenvalue weighted by Crippen LogP contribution is 2.19. The van der Waals surface area contributed by atoms with Crippen LogP contribution in [-0.4, -0.2) is 20.9 Å². The molecule has 0 saturated heterocycles. The Morgan fingerprint density at radius 1 is 1.44 bits per heavy atom. The maximum atomic E-state index is 11.2. The predicted molar refractivity (Wildman–Crippen MR) is 63.0 cm³/mol. The van der Waals surface area contributed by atoms with E-state index < -0.39 is 5.97 Å². The summed E-state index contributed by atoms with van der Waals surface area (Å²) in [6.45, 7) is 1.77. The lowest BCUT2D eigenvalue weighted by atomic mass is 10.1. The number of carboxylic acid groups (broad SMARTS) is 1. The lowest BCUT2D eigenvalue weighted by Gasteiger charge is -2.08. The van der Waals surface area contributed by atoms with Gasteiger partial charge in [0.2, 0.25) is 0 Å². The highest BCUT2D eigenvalue weighted by Gasteiger charge is 2.14. The van der Waals surface area contributed by atoms with Gasteiger partial charge in [-0.2, -0.15) is 5.10 Å². The number of halogens is 1. The zero-order chi connectivity index (χ0) is 11.7. The molecule has 2 rings (SSSR count). The number of hydrogen-bond donors (Lipinski definition) is 1. The number of carbonyl (C=O) groups is 1. The van der Waals surface area contributed by atoms with Gasteiger partial charge in [-0.3, -0.25) is 0 Å². The van der Waals surface area contributed by atoms with Crippen LogP contribution in [0.5, 0.6) is 0 Å². The second kappa shape index (κ2) is 4.09. The third kappa shape index (κ3) is 1.86. The minimum absolute atomic E-state index is 0.276. The van der Waals surface area contributed by atoms with Crippen LogP contribution in [0.1, 0.15) is 15.9 Å². The van der Waals surface area contributed by atoms with Crippen molar-refractivity contribution in [3.8, 4) is 5.69 Å². The number of aryl methyl sites for hydroxylation is 1. The normalized spacial score (nSPS) is 10.4. The van der Waals surface area contributed by atoms with Crippen molar-refractivity contribution in [2.45, 2.75) is 6.92 Å². The first kappa shape index (κ1) is 10.9. The number of rotatable bonds is 2. The Hall–Kier alpha value is -1.62. The SMILES string of the molecule is Cc1cccc(-n2ccc(Br)n2)c1C(=O)O. The minimum atomic E-state index is -0.945. The second-order valence-electron chi connectivity index (χ2n) is 3.36. The van der Waals surface area contributed by atoms with Crippen LogP contribution < -0.4 is 0 Å². The number of carboxylic acids is 1. The lowest BCUT2D eigenvalue weighted by molar-refractivity contribution is 0.0696. The quantitative estimate of drug-likeness (QED) is 0.920. The number of aromatic nitrogens is 2. The van der Waals surface area contributed by atoms with Crippen molar-refractivity contribution in [1.82, 2.24) is 9.78 Å². The monoisotopic (exact) mass is 280 g/mol. The topological polar surface area (TPSA) is 55.1 Å². The van der Waals surface area contributed by atoms with Crippen molar-refractivity contribution < 1.29 is 9.90 Å². The lowest BCUT2D eigenvalue weighted by Crippen LogP contribution is -2.07. The summed E-state index contributed by atoms with van der Waals surface area (Å²) in [6, 6.07) is 7.07. The van der Waals surface area contributed by atoms with E-state index >= 15 is 0 Å². The number of hydrogen-bond acceptors (Lipinski definition) is 2. The molecule has 0 atom stereocenters. The van der Waals surface area contributed by atoms with E-state index in [0.29, 0.717) is 10.3 Å². The van der Waals surface area contributed by atoms with E-state index in [1.807, 2.05) is 6.07 Å². The molecule has 0 radical (unpaired) electrons. The Kier molecular flexibility index (Phi) is 2.78. The van der Waals surface area contributed by atoms with Crippen LogP contribution in [0.3, 0.4) is 0 Å². The van der Waals surface area contributed by atoms with Gasteiger partial charge in [-0.15, -0.1) is 0 Å². The summed E-state index contributed by atoms with van der Waals surface area (Å²) >= 11 is 3.23. The van der Waals surface area contributed by atoms with Gasteiger partial charge in [0, 0.05) is 6.20 Å². The molecule has 2 aromatic rings. The molecule has 16 heavy (non-hydrogen) atoms. The first-order valence-electron chi connectivity index (χ1n) is 4.64. The Morgan fingerprint density at radius 3 is 2.75 bits per heavy atom. The molecule has 0 aliphatic rings. The molecular weight excluding hydrogens is 272 g/mol. The van der Waals surface area contributed by atoms with Crippen molar-refractivity contribution in [2.75, 3.05) is 0 Å². The molecule has 0 fully saturated rings. The second-order valence-corrected chi connectivity index (χ2v) is 4.17. The Morgan fingerprint density at radius 2 is 2.19 bits per heavy atom. The Labute approximate surface area is 101 Å². The van der Waals surface area contributed by atoms with Crippen LogP contribution in [-0.2, 0) is 0 Å². The summed E-state index contributed by atoms with van der Waals surface area (Å²) < 4.78 is 2.21. The smallest absolute Gasteiger partial charge is 0.338 e. The van der Waals surface area contributed by atoms with Gasteiger partial charge in [-0.1, -0.05) is 12.1 Å². The fraction of sp³-hybridized carbons (Fsp3) is 0.0909. The van der Waals surface area contributed by atoms with Gasteiger partial charge in [-0.25, -0.2) is 9.48 Å². The van der Waals surface area contributed by atoms with Crippen molar-refractivity contribution in [3.63, 3.8) is 0 Å². The van der Waals surface area contributed by atoms with E-state index in [1.165, 1.54) is 0 Å². The number of nitrogens with zero attached hydrogens (tertiary/aromatic N) is 2. The first-order chi connectivity index (χ1) is 7.59. The third-order valence-electron chi connectivity index (χ3n) is 2.27. The van der Waals surface area contributed by atoms with E-state index in [0.717, 1.165) is 5.56 Å². The van der Waals surface area contributed by atoms with Crippen LogP contribution in [0.25, 0.3) is 5.69 Å². The summed E-state index contributed by atoms with van der Waals surface area (Å²) in [5.41, 5.74) is 1.56. The van der Waals surface area contributed by atoms with E-state index in [-0.39, 0.29) is 5.56 Å². The molecule has 0 amide bonds. The van der Waals surface area contributed by atoms with Crippen molar-refractivity contribution in [1.29, 1.82) is 0 Å². The molecule has 0 saturated carbocycles. The molecule has 5 heteroatoms. The fourth-order valence-corrected chi connectivity index (χ4v) is 1.85. The molecule has 4 nitrogen and oxygen atoms in total. The predicted octanol–water partition coefficient (Wildman–Crippen LogP) is 2.64. The number of aromatic carboxylic acids is 1. The average molecular weight is 281 g/mol. The van der Waals surface area contributed by atoms with Crippen molar-refractivity contribution in [2.24, 2.45) is 0 Å². The summed E-state index contributed by atoms with van der Waals surface area (Å²) in [4.78, 5) is 11.2. The van der Waals surface area contributed by atoms with Gasteiger partial charge < -0.3 is 5.11 Å². The van der Waals surface area contributed by atoms with Crippen LogP contribution in [0.2, 0.25) is 0 Å². The molecule has 1 aromatic carbocycles. The molecule has 0 bridgehead atoms. The van der Waals surface area contributed by atoms with E-state index in [9.17, 15) is 4.79 Å². The molecular formula is C11H9BrN2O2. The van der Waals surface area contributed by atoms with Crippen LogP contribution in [0.15, 0.2) is 35.1 Å². The van der Waals surface area contributed by atoms with E-state index in [1.54, 1.807) is 36.0 Å². The summed E-state index contributed by atoms with van der Waals surface area (Å²) in [7, 11) is 0. The average Bonchev–Trinajstić information content (AvgIpc) is 2.63. The van der Waals surface area contributed by atoms with Crippen LogP contribution in [0, 0.1) is 6.92 Å². The largest absolute Gasteiger partial charge is 0.478 e. The van der Waals surface area contributed by atoms with Crippen molar-refractivity contribution >= 4 is 21.9 Å². The number of benzene rings is 1. The first-order valence-corrected chi connectivity index (χ1v) is 5.43. The zero-order valence-corrected chi connectivity index (χ0v) is 10.1. The van der Waals surface area contributed by atoms with Gasteiger partial charge in [0.15, 0.2) is 0 Å². The highest BCUT2D eigenvalue weighted by atomic mass is 79.9. The summed E-state index contributed by atoms with van der Waals surface area (Å²) in [5.74, 6) is -0.945. The Balaban J connectivity index is 2.65. The molecule has 1 heterocycles. The highest BCUT2D eigenvalue weighted by molar-refractivity contribution is 9.10. The minimum Gasteiger partial charge on any atom is -0.478 e. The summed E-state index contributed by atoms with van der Waals surface area (Å²) in [6.07, 6.45) is 1.71. The van der Waals surface area contributed by atoms with Gasteiger partial charge in [0.05, 0.1) is 11.3 Å². The van der Waals surface area contributed by atoms with Gasteiger partial charge >= 0.3 is 5.97 Å². The molecule has 1 aromatic heterocycles. The molecule has 1 N–H and O–H groups in total. The standard InChI is InChI=1S/C11H9BrN2O2/c1-7-3-2-4-8(10(7)11(15)16)14-6-5-9(12)13-14/h2-6H,1H3,(H,15,16). The van der Waals surface area contributed by atoms with E-state index in [2.05, 4.69) is 21.0 Å². The fourth-order valence-electron chi connectivity index (χ4n) is 1.56. The molecule has 82 valence electrons. The van der Waals surface area contributed by atoms with Crippen LogP contribution >= 0.6 is 15.9 Å². The third-order valence-corrected chi connectivity index (χ3v) is 2.69. The molecule has 0 spiro atoms. The van der Waals surface area contributed by atoms with Gasteiger partial charge in [0.25, 0.3) is 0 Å². The van der Waals surface area contributed by atoms with Crippen molar-refractivity contribution in [3.05, 3.63) is 46.2 Å². The molecule has 0 aliphatic heterocycles. The van der Waals surface area contributed by atoms with Crippen LogP contribution in [0.4, 0.5) is 0 Å². The Bertz CT molecular complexity index is 549. The zero-order valence-electron chi connectivity index (χ0n) is 8.51. The van der Waals surface area contributed by atoms with E-state index in [4.69, 9.17) is 5.11 Å². The maximum Gasteiger partial charge on any atom is 0.338 e. The molecule has 0 aliphatic carbocycles.